The summed E-state index contributed by atoms with van der Waals surface area (Å²) in [6, 6.07) is 12.7. The van der Waals surface area contributed by atoms with Crippen LogP contribution in [0.2, 0.25) is 0 Å². The quantitative estimate of drug-likeness (QED) is 0.309. The van der Waals surface area contributed by atoms with E-state index in [4.69, 9.17) is 4.98 Å². The maximum atomic E-state index is 13.1. The Morgan fingerprint density at radius 3 is 2.67 bits per heavy atom. The lowest BCUT2D eigenvalue weighted by molar-refractivity contribution is 0.475. The van der Waals surface area contributed by atoms with Gasteiger partial charge in [0.05, 0.1) is 16.6 Å². The fourth-order valence-corrected chi connectivity index (χ4v) is 4.65. The molecule has 0 fully saturated rings. The molecule has 4 rings (SSSR count). The number of benzene rings is 1. The molecule has 0 unspecified atom stereocenters. The van der Waals surface area contributed by atoms with Gasteiger partial charge in [-0.05, 0) is 43.2 Å². The molecule has 8 heteroatoms. The summed E-state index contributed by atoms with van der Waals surface area (Å²) >= 11 is 4.86. The number of hydrogen-bond donors (Lipinski definition) is 0. The van der Waals surface area contributed by atoms with E-state index in [9.17, 15) is 9.59 Å². The first-order valence-corrected chi connectivity index (χ1v) is 11.4. The Morgan fingerprint density at radius 2 is 1.90 bits per heavy atom. The Morgan fingerprint density at radius 1 is 1.10 bits per heavy atom. The Kier molecular flexibility index (Phi) is 5.79. The predicted octanol–water partition coefficient (Wildman–Crippen LogP) is 4.42. The molecular formula is C22H21BrN4O2S. The molecule has 0 aliphatic rings. The van der Waals surface area contributed by atoms with Crippen LogP contribution in [0.25, 0.3) is 16.6 Å². The highest BCUT2D eigenvalue weighted by atomic mass is 79.9. The number of nitrogens with zero attached hydrogens (tertiary/aromatic N) is 4. The molecule has 0 aliphatic heterocycles. The van der Waals surface area contributed by atoms with E-state index < -0.39 is 0 Å². The van der Waals surface area contributed by atoms with E-state index >= 15 is 0 Å². The summed E-state index contributed by atoms with van der Waals surface area (Å²) in [7, 11) is 0. The first-order valence-electron chi connectivity index (χ1n) is 9.64. The van der Waals surface area contributed by atoms with Gasteiger partial charge in [0.1, 0.15) is 5.65 Å². The van der Waals surface area contributed by atoms with Gasteiger partial charge in [0.2, 0.25) is 0 Å². The standard InChI is InChI=1S/C22H21BrN4O2S/c1-13(2)11-26-21(29)17-9-15(23)7-8-18(17)25-22(26)30-12-16-10-20(28)27-14(3)5-4-6-19(27)24-16/h4-10,13H,11-12H2,1-3H3. The van der Waals surface area contributed by atoms with Crippen molar-refractivity contribution in [3.63, 3.8) is 0 Å². The molecule has 0 bridgehead atoms. The molecule has 3 heterocycles. The van der Waals surface area contributed by atoms with E-state index in [0.29, 0.717) is 45.6 Å². The first kappa shape index (κ1) is 20.8. The van der Waals surface area contributed by atoms with E-state index in [-0.39, 0.29) is 11.1 Å². The van der Waals surface area contributed by atoms with Crippen LogP contribution < -0.4 is 11.1 Å². The second kappa shape index (κ2) is 8.35. The van der Waals surface area contributed by atoms with Crippen molar-refractivity contribution in [2.75, 3.05) is 0 Å². The molecular weight excluding hydrogens is 464 g/mol. The number of pyridine rings is 1. The molecule has 0 aliphatic carbocycles. The van der Waals surface area contributed by atoms with Crippen LogP contribution in [-0.2, 0) is 12.3 Å². The van der Waals surface area contributed by atoms with E-state index in [1.807, 2.05) is 43.3 Å². The van der Waals surface area contributed by atoms with Crippen molar-refractivity contribution in [2.45, 2.75) is 38.2 Å². The van der Waals surface area contributed by atoms with Gasteiger partial charge in [0.25, 0.3) is 11.1 Å². The molecule has 30 heavy (non-hydrogen) atoms. The number of hydrogen-bond acceptors (Lipinski definition) is 5. The molecule has 0 spiro atoms. The van der Waals surface area contributed by atoms with E-state index in [2.05, 4.69) is 34.8 Å². The predicted molar refractivity (Wildman–Crippen MR) is 124 cm³/mol. The third kappa shape index (κ3) is 4.06. The highest BCUT2D eigenvalue weighted by Gasteiger charge is 2.14. The molecule has 154 valence electrons. The van der Waals surface area contributed by atoms with Gasteiger partial charge in [-0.3, -0.25) is 18.6 Å². The van der Waals surface area contributed by atoms with Crippen LogP contribution in [0.3, 0.4) is 0 Å². The fourth-order valence-electron chi connectivity index (χ4n) is 3.39. The Hall–Kier alpha value is -2.45. The summed E-state index contributed by atoms with van der Waals surface area (Å²) in [5, 5.41) is 1.22. The van der Waals surface area contributed by atoms with E-state index in [1.54, 1.807) is 15.0 Å². The molecule has 1 aromatic carbocycles. The number of rotatable bonds is 5. The lowest BCUT2D eigenvalue weighted by Gasteiger charge is -2.15. The topological polar surface area (TPSA) is 69.3 Å². The number of halogens is 1. The number of thioether (sulfide) groups is 1. The summed E-state index contributed by atoms with van der Waals surface area (Å²) in [6.07, 6.45) is 0. The van der Waals surface area contributed by atoms with Crippen LogP contribution in [0.1, 0.15) is 25.2 Å². The van der Waals surface area contributed by atoms with Crippen molar-refractivity contribution in [3.8, 4) is 0 Å². The van der Waals surface area contributed by atoms with Crippen LogP contribution in [0.15, 0.2) is 61.7 Å². The summed E-state index contributed by atoms with van der Waals surface area (Å²) in [5.41, 5.74) is 2.63. The zero-order valence-electron chi connectivity index (χ0n) is 16.9. The molecule has 0 amide bonds. The summed E-state index contributed by atoms with van der Waals surface area (Å²) in [6.45, 7) is 6.59. The molecule has 0 saturated heterocycles. The summed E-state index contributed by atoms with van der Waals surface area (Å²) < 4.78 is 4.17. The molecule has 0 saturated carbocycles. The van der Waals surface area contributed by atoms with Gasteiger partial charge < -0.3 is 0 Å². The van der Waals surface area contributed by atoms with Gasteiger partial charge in [-0.15, -0.1) is 0 Å². The van der Waals surface area contributed by atoms with Gasteiger partial charge >= 0.3 is 0 Å². The molecule has 0 N–H and O–H groups in total. The average molecular weight is 485 g/mol. The maximum absolute atomic E-state index is 13.1. The number of aromatic nitrogens is 4. The Bertz CT molecular complexity index is 1380. The van der Waals surface area contributed by atoms with Crippen molar-refractivity contribution < 1.29 is 0 Å². The van der Waals surface area contributed by atoms with Crippen LogP contribution in [-0.4, -0.2) is 18.9 Å². The fraction of sp³-hybridized carbons (Fsp3) is 0.273. The molecule has 4 aromatic rings. The molecule has 3 aromatic heterocycles. The van der Waals surface area contributed by atoms with Crippen molar-refractivity contribution in [3.05, 3.63) is 79.0 Å². The highest BCUT2D eigenvalue weighted by molar-refractivity contribution is 9.10. The van der Waals surface area contributed by atoms with Crippen molar-refractivity contribution in [2.24, 2.45) is 5.92 Å². The second-order valence-corrected chi connectivity index (χ2v) is 9.46. The zero-order chi connectivity index (χ0) is 21.4. The summed E-state index contributed by atoms with van der Waals surface area (Å²) in [4.78, 5) is 35.0. The van der Waals surface area contributed by atoms with Crippen molar-refractivity contribution in [1.29, 1.82) is 0 Å². The lowest BCUT2D eigenvalue weighted by Crippen LogP contribution is -2.25. The van der Waals surface area contributed by atoms with Crippen LogP contribution in [0, 0.1) is 12.8 Å². The molecule has 6 nitrogen and oxygen atoms in total. The Balaban J connectivity index is 1.75. The second-order valence-electron chi connectivity index (χ2n) is 7.60. The molecule has 0 radical (unpaired) electrons. The largest absolute Gasteiger partial charge is 0.287 e. The van der Waals surface area contributed by atoms with Gasteiger partial charge in [-0.1, -0.05) is 47.6 Å². The molecule has 0 atom stereocenters. The third-order valence-corrected chi connectivity index (χ3v) is 6.21. The number of aryl methyl sites for hydroxylation is 1. The highest BCUT2D eigenvalue weighted by Crippen LogP contribution is 2.23. The normalized spacial score (nSPS) is 11.6. The minimum absolute atomic E-state index is 0.0559. The van der Waals surface area contributed by atoms with Gasteiger partial charge in [-0.25, -0.2) is 9.97 Å². The minimum atomic E-state index is -0.107. The zero-order valence-corrected chi connectivity index (χ0v) is 19.3. The first-order chi connectivity index (χ1) is 14.3. The van der Waals surface area contributed by atoms with Crippen molar-refractivity contribution >= 4 is 44.2 Å². The Labute approximate surface area is 186 Å². The van der Waals surface area contributed by atoms with Crippen LogP contribution >= 0.6 is 27.7 Å². The van der Waals surface area contributed by atoms with Crippen LogP contribution in [0.5, 0.6) is 0 Å². The lowest BCUT2D eigenvalue weighted by atomic mass is 10.2. The van der Waals surface area contributed by atoms with Gasteiger partial charge in [0.15, 0.2) is 5.16 Å². The average Bonchev–Trinajstić information content (AvgIpc) is 2.69. The summed E-state index contributed by atoms with van der Waals surface area (Å²) in [5.74, 6) is 0.742. The van der Waals surface area contributed by atoms with Gasteiger partial charge in [0, 0.05) is 28.5 Å². The number of fused-ring (bicyclic) bond motifs is 2. The smallest absolute Gasteiger partial charge is 0.262 e. The minimum Gasteiger partial charge on any atom is -0.287 e. The van der Waals surface area contributed by atoms with Crippen molar-refractivity contribution in [1.82, 2.24) is 18.9 Å². The van der Waals surface area contributed by atoms with Crippen LogP contribution in [0.4, 0.5) is 0 Å². The maximum Gasteiger partial charge on any atom is 0.262 e. The monoisotopic (exact) mass is 484 g/mol. The van der Waals surface area contributed by atoms with E-state index in [0.717, 1.165) is 10.2 Å². The van der Waals surface area contributed by atoms with E-state index in [1.165, 1.54) is 11.8 Å². The third-order valence-electron chi connectivity index (χ3n) is 4.71. The SMILES string of the molecule is Cc1cccc2nc(CSc3nc4ccc(Br)cc4c(=O)n3CC(C)C)cc(=O)n12. The van der Waals surface area contributed by atoms with Gasteiger partial charge in [-0.2, -0.15) is 0 Å².